The molecule has 0 bridgehead atoms. The second-order valence-corrected chi connectivity index (χ2v) is 3.55. The first-order valence-electron chi connectivity index (χ1n) is 5.43. The minimum atomic E-state index is -4.84. The fourth-order valence-electron chi connectivity index (χ4n) is 1.13. The molecule has 0 aromatic carbocycles. The van der Waals surface area contributed by atoms with Crippen LogP contribution in [0, 0.1) is 12.3 Å². The molecule has 0 aliphatic rings. The van der Waals surface area contributed by atoms with Crippen LogP contribution in [0.3, 0.4) is 0 Å². The molecule has 0 radical (unpaired) electrons. The Labute approximate surface area is 103 Å². The molecular formula is C11H15F3N2O2. The van der Waals surface area contributed by atoms with Crippen LogP contribution < -0.4 is 10.6 Å². The molecule has 0 aliphatic carbocycles. The zero-order chi connectivity index (χ0) is 14.0. The van der Waals surface area contributed by atoms with E-state index in [1.165, 1.54) is 0 Å². The Hall–Kier alpha value is -1.71. The van der Waals surface area contributed by atoms with Crippen molar-refractivity contribution in [2.75, 3.05) is 13.1 Å². The highest BCUT2D eigenvalue weighted by Crippen LogP contribution is 2.13. The minimum Gasteiger partial charge on any atom is -0.348 e. The second kappa shape index (κ2) is 8.39. The molecule has 0 aliphatic heterocycles. The summed E-state index contributed by atoms with van der Waals surface area (Å²) in [6.07, 6.45) is 1.86. The van der Waals surface area contributed by atoms with Gasteiger partial charge in [-0.15, -0.1) is 6.42 Å². The number of nitrogens with one attached hydrogen (secondary N) is 2. The van der Waals surface area contributed by atoms with Gasteiger partial charge in [0.2, 0.25) is 5.91 Å². The summed E-state index contributed by atoms with van der Waals surface area (Å²) >= 11 is 0. The first kappa shape index (κ1) is 16.3. The number of terminal acetylenes is 1. The Morgan fingerprint density at radius 3 is 2.33 bits per heavy atom. The molecule has 0 atom stereocenters. The van der Waals surface area contributed by atoms with Gasteiger partial charge < -0.3 is 10.6 Å². The molecule has 0 spiro atoms. The topological polar surface area (TPSA) is 58.2 Å². The van der Waals surface area contributed by atoms with Gasteiger partial charge in [-0.05, 0) is 12.8 Å². The number of hydrogen-bond acceptors (Lipinski definition) is 2. The van der Waals surface area contributed by atoms with Crippen molar-refractivity contribution in [3.05, 3.63) is 0 Å². The fraction of sp³-hybridized carbons (Fsp3) is 0.636. The van der Waals surface area contributed by atoms with Crippen molar-refractivity contribution in [3.8, 4) is 12.3 Å². The average molecular weight is 264 g/mol. The second-order valence-electron chi connectivity index (χ2n) is 3.55. The van der Waals surface area contributed by atoms with Crippen LogP contribution in [0.15, 0.2) is 0 Å². The first-order chi connectivity index (χ1) is 8.38. The number of rotatable bonds is 7. The van der Waals surface area contributed by atoms with E-state index in [2.05, 4.69) is 11.2 Å². The zero-order valence-electron chi connectivity index (χ0n) is 9.77. The van der Waals surface area contributed by atoms with Gasteiger partial charge in [0.15, 0.2) is 0 Å². The molecule has 0 aromatic heterocycles. The molecule has 0 aromatic rings. The van der Waals surface area contributed by atoms with Crippen LogP contribution in [0.1, 0.15) is 25.7 Å². The molecule has 0 heterocycles. The van der Waals surface area contributed by atoms with Crippen LogP contribution in [-0.4, -0.2) is 31.1 Å². The highest BCUT2D eigenvalue weighted by molar-refractivity contribution is 5.81. The van der Waals surface area contributed by atoms with Crippen LogP contribution in [0.4, 0.5) is 13.2 Å². The van der Waals surface area contributed by atoms with E-state index < -0.39 is 12.1 Å². The van der Waals surface area contributed by atoms with Crippen molar-refractivity contribution in [2.45, 2.75) is 31.9 Å². The normalized spacial score (nSPS) is 10.6. The quantitative estimate of drug-likeness (QED) is 0.532. The summed E-state index contributed by atoms with van der Waals surface area (Å²) in [4.78, 5) is 21.5. The summed E-state index contributed by atoms with van der Waals surface area (Å²) in [5.41, 5.74) is 0. The first-order valence-corrected chi connectivity index (χ1v) is 5.43. The lowest BCUT2D eigenvalue weighted by Gasteiger charge is -2.07. The lowest BCUT2D eigenvalue weighted by molar-refractivity contribution is -0.173. The highest BCUT2D eigenvalue weighted by atomic mass is 19.4. The van der Waals surface area contributed by atoms with Gasteiger partial charge in [-0.3, -0.25) is 9.59 Å². The molecule has 0 saturated carbocycles. The van der Waals surface area contributed by atoms with E-state index in [9.17, 15) is 22.8 Å². The summed E-state index contributed by atoms with van der Waals surface area (Å²) in [5.74, 6) is 0.126. The summed E-state index contributed by atoms with van der Waals surface area (Å²) in [6, 6.07) is 0. The molecule has 0 saturated heterocycles. The monoisotopic (exact) mass is 264 g/mol. The third kappa shape index (κ3) is 8.44. The third-order valence-electron chi connectivity index (χ3n) is 2.01. The van der Waals surface area contributed by atoms with E-state index in [-0.39, 0.29) is 25.4 Å². The molecule has 0 unspecified atom stereocenters. The lowest BCUT2D eigenvalue weighted by atomic mass is 10.2. The van der Waals surface area contributed by atoms with Gasteiger partial charge in [0.25, 0.3) is 0 Å². The number of halogens is 3. The molecule has 18 heavy (non-hydrogen) atoms. The Kier molecular flexibility index (Phi) is 7.59. The predicted molar refractivity (Wildman–Crippen MR) is 59.4 cm³/mol. The molecule has 2 N–H and O–H groups in total. The Morgan fingerprint density at radius 1 is 1.11 bits per heavy atom. The summed E-state index contributed by atoms with van der Waals surface area (Å²) in [6.45, 7) is 0.116. The van der Waals surface area contributed by atoms with Crippen LogP contribution in [-0.2, 0) is 9.59 Å². The van der Waals surface area contributed by atoms with Gasteiger partial charge >= 0.3 is 12.1 Å². The average Bonchev–Trinajstić information content (AvgIpc) is 2.29. The zero-order valence-corrected chi connectivity index (χ0v) is 9.77. The summed E-state index contributed by atoms with van der Waals surface area (Å²) < 4.78 is 35.3. The number of unbranched alkanes of at least 4 members (excludes halogenated alkanes) is 2. The maximum absolute atomic E-state index is 11.8. The van der Waals surface area contributed by atoms with Gasteiger partial charge in [-0.25, -0.2) is 0 Å². The molecule has 2 amide bonds. The van der Waals surface area contributed by atoms with E-state index in [1.54, 1.807) is 5.32 Å². The van der Waals surface area contributed by atoms with Crippen molar-refractivity contribution in [1.82, 2.24) is 10.6 Å². The number of hydrogen-bond donors (Lipinski definition) is 2. The molecule has 0 fully saturated rings. The molecule has 4 nitrogen and oxygen atoms in total. The molecule has 102 valence electrons. The highest BCUT2D eigenvalue weighted by Gasteiger charge is 2.38. The SMILES string of the molecule is C#CCNC(=O)CCCCCNC(=O)C(F)(F)F. The van der Waals surface area contributed by atoms with E-state index in [0.29, 0.717) is 19.3 Å². The van der Waals surface area contributed by atoms with Crippen LogP contribution in [0.2, 0.25) is 0 Å². The van der Waals surface area contributed by atoms with Gasteiger partial charge in [-0.1, -0.05) is 12.3 Å². The number of amides is 2. The number of carbonyl (C=O) groups excluding carboxylic acids is 2. The van der Waals surface area contributed by atoms with Crippen molar-refractivity contribution in [2.24, 2.45) is 0 Å². The molecule has 7 heteroatoms. The van der Waals surface area contributed by atoms with Crippen molar-refractivity contribution >= 4 is 11.8 Å². The maximum Gasteiger partial charge on any atom is 0.471 e. The maximum atomic E-state index is 11.8. The Morgan fingerprint density at radius 2 is 1.78 bits per heavy atom. The lowest BCUT2D eigenvalue weighted by Crippen LogP contribution is -2.37. The van der Waals surface area contributed by atoms with Gasteiger partial charge in [0, 0.05) is 13.0 Å². The third-order valence-corrected chi connectivity index (χ3v) is 2.01. The van der Waals surface area contributed by atoms with Gasteiger partial charge in [-0.2, -0.15) is 13.2 Å². The van der Waals surface area contributed by atoms with E-state index >= 15 is 0 Å². The predicted octanol–water partition coefficient (Wildman–Crippen LogP) is 0.975. The largest absolute Gasteiger partial charge is 0.471 e. The van der Waals surface area contributed by atoms with Crippen LogP contribution >= 0.6 is 0 Å². The van der Waals surface area contributed by atoms with Crippen LogP contribution in [0.5, 0.6) is 0 Å². The number of carbonyl (C=O) groups is 2. The fourth-order valence-corrected chi connectivity index (χ4v) is 1.13. The Bertz CT molecular complexity index is 321. The van der Waals surface area contributed by atoms with Crippen molar-refractivity contribution in [1.29, 1.82) is 0 Å². The van der Waals surface area contributed by atoms with Crippen LogP contribution in [0.25, 0.3) is 0 Å². The van der Waals surface area contributed by atoms with E-state index in [1.807, 2.05) is 0 Å². The van der Waals surface area contributed by atoms with Gasteiger partial charge in [0.05, 0.1) is 6.54 Å². The summed E-state index contributed by atoms with van der Waals surface area (Å²) in [5, 5.41) is 4.22. The van der Waals surface area contributed by atoms with Gasteiger partial charge in [0.1, 0.15) is 0 Å². The standard InChI is InChI=1S/C11H15F3N2O2/c1-2-7-15-9(17)6-4-3-5-8-16-10(18)11(12,13)14/h1H,3-8H2,(H,15,17)(H,16,18). The molecule has 0 rings (SSSR count). The van der Waals surface area contributed by atoms with E-state index in [4.69, 9.17) is 6.42 Å². The van der Waals surface area contributed by atoms with Crippen molar-refractivity contribution < 1.29 is 22.8 Å². The van der Waals surface area contributed by atoms with E-state index in [0.717, 1.165) is 0 Å². The van der Waals surface area contributed by atoms with Crippen molar-refractivity contribution in [3.63, 3.8) is 0 Å². The Balaban J connectivity index is 3.45. The minimum absolute atomic E-state index is 0.0513. The smallest absolute Gasteiger partial charge is 0.348 e. The molecular weight excluding hydrogens is 249 g/mol. The summed E-state index contributed by atoms with van der Waals surface area (Å²) in [7, 11) is 0. The number of alkyl halides is 3.